The lowest BCUT2D eigenvalue weighted by molar-refractivity contribution is -0.110. The first-order valence-electron chi connectivity index (χ1n) is 4.74. The van der Waals surface area contributed by atoms with Crippen LogP contribution < -0.4 is 0 Å². The van der Waals surface area contributed by atoms with Gasteiger partial charge in [0.05, 0.1) is 11.8 Å². The second-order valence-corrected chi connectivity index (χ2v) is 3.94. The Kier molecular flexibility index (Phi) is 3.63. The smallest absolute Gasteiger partial charge is 0.178 e. The molecular formula is C11H14N2O3. The summed E-state index contributed by atoms with van der Waals surface area (Å²) in [6.45, 7) is 3.34. The summed E-state index contributed by atoms with van der Waals surface area (Å²) in [7, 11) is 0. The zero-order valence-electron chi connectivity index (χ0n) is 9.16. The predicted octanol–water partition coefficient (Wildman–Crippen LogP) is 1.50. The van der Waals surface area contributed by atoms with E-state index in [0.717, 1.165) is 5.06 Å². The highest BCUT2D eigenvalue weighted by Crippen LogP contribution is 2.14. The van der Waals surface area contributed by atoms with Gasteiger partial charge >= 0.3 is 0 Å². The Morgan fingerprint density at radius 2 is 1.88 bits per heavy atom. The van der Waals surface area contributed by atoms with Gasteiger partial charge in [0, 0.05) is 6.20 Å². The summed E-state index contributed by atoms with van der Waals surface area (Å²) in [4.78, 5) is 10.9. The fourth-order valence-electron chi connectivity index (χ4n) is 1.06. The van der Waals surface area contributed by atoms with Gasteiger partial charge in [-0.3, -0.25) is 15.1 Å². The number of hydrogen-bond acceptors (Lipinski definition) is 5. The van der Waals surface area contributed by atoms with E-state index >= 15 is 0 Å². The van der Waals surface area contributed by atoms with Crippen LogP contribution in [0.2, 0.25) is 0 Å². The highest BCUT2D eigenvalue weighted by molar-refractivity contribution is 6.01. The molecule has 86 valence electrons. The van der Waals surface area contributed by atoms with Crippen molar-refractivity contribution in [2.24, 2.45) is 5.16 Å². The fraction of sp³-hybridized carbons (Fsp3) is 0.273. The monoisotopic (exact) mass is 222 g/mol. The zero-order valence-corrected chi connectivity index (χ0v) is 9.16. The average Bonchev–Trinajstić information content (AvgIpc) is 2.21. The van der Waals surface area contributed by atoms with Crippen molar-refractivity contribution >= 4 is 12.0 Å². The van der Waals surface area contributed by atoms with Gasteiger partial charge in [0.15, 0.2) is 5.78 Å². The molecule has 0 atom stereocenters. The number of allylic oxidation sites excluding steroid dienone is 5. The Morgan fingerprint density at radius 3 is 2.38 bits per heavy atom. The van der Waals surface area contributed by atoms with Crippen LogP contribution in [0.5, 0.6) is 0 Å². The van der Waals surface area contributed by atoms with E-state index in [1.807, 2.05) is 0 Å². The number of hydroxylamine groups is 2. The van der Waals surface area contributed by atoms with Crippen LogP contribution in [0.25, 0.3) is 0 Å². The molecule has 5 nitrogen and oxygen atoms in total. The average molecular weight is 222 g/mol. The van der Waals surface area contributed by atoms with E-state index in [1.54, 1.807) is 26.0 Å². The van der Waals surface area contributed by atoms with Gasteiger partial charge in [-0.2, -0.15) is 0 Å². The molecule has 0 aromatic rings. The normalized spacial score (nSPS) is 15.9. The maximum absolute atomic E-state index is 10.9. The van der Waals surface area contributed by atoms with Crippen LogP contribution in [-0.4, -0.2) is 33.0 Å². The summed E-state index contributed by atoms with van der Waals surface area (Å²) in [6.07, 6.45) is 8.65. The van der Waals surface area contributed by atoms with Crippen molar-refractivity contribution in [1.29, 1.82) is 0 Å². The number of carbonyl (C=O) groups excluding carboxylic acids is 1. The lowest BCUT2D eigenvalue weighted by Gasteiger charge is -2.28. The highest BCUT2D eigenvalue weighted by atomic mass is 16.5. The third-order valence-corrected chi connectivity index (χ3v) is 2.12. The van der Waals surface area contributed by atoms with Crippen LogP contribution in [0.15, 0.2) is 41.2 Å². The van der Waals surface area contributed by atoms with Gasteiger partial charge in [-0.1, -0.05) is 5.16 Å². The van der Waals surface area contributed by atoms with E-state index in [4.69, 9.17) is 5.21 Å². The third kappa shape index (κ3) is 3.06. The lowest BCUT2D eigenvalue weighted by Crippen LogP contribution is -2.39. The SMILES string of the molecule is CC(C)(C=NO)N(O)C=C1C=CC(=O)C=C1. The number of oxime groups is 1. The molecule has 0 aromatic heterocycles. The van der Waals surface area contributed by atoms with E-state index < -0.39 is 5.54 Å². The molecule has 0 amide bonds. The minimum atomic E-state index is -0.828. The largest absolute Gasteiger partial charge is 0.411 e. The lowest BCUT2D eigenvalue weighted by atomic mass is 10.1. The maximum Gasteiger partial charge on any atom is 0.178 e. The number of rotatable bonds is 3. The molecule has 0 bridgehead atoms. The number of nitrogens with zero attached hydrogens (tertiary/aromatic N) is 2. The minimum Gasteiger partial charge on any atom is -0.411 e. The van der Waals surface area contributed by atoms with Gasteiger partial charge in [-0.15, -0.1) is 0 Å². The summed E-state index contributed by atoms with van der Waals surface area (Å²) in [5.74, 6) is -0.0854. The molecule has 16 heavy (non-hydrogen) atoms. The second-order valence-electron chi connectivity index (χ2n) is 3.94. The topological polar surface area (TPSA) is 73.1 Å². The Labute approximate surface area is 93.6 Å². The summed E-state index contributed by atoms with van der Waals surface area (Å²) in [5, 5.41) is 22.0. The van der Waals surface area contributed by atoms with Gasteiger partial charge in [-0.05, 0) is 43.7 Å². The van der Waals surface area contributed by atoms with Crippen molar-refractivity contribution in [3.8, 4) is 0 Å². The maximum atomic E-state index is 10.9. The molecule has 0 spiro atoms. The first-order valence-corrected chi connectivity index (χ1v) is 4.74. The van der Waals surface area contributed by atoms with Crippen molar-refractivity contribution < 1.29 is 15.2 Å². The van der Waals surface area contributed by atoms with Crippen molar-refractivity contribution in [2.45, 2.75) is 19.4 Å². The molecular weight excluding hydrogens is 208 g/mol. The first kappa shape index (κ1) is 12.2. The van der Waals surface area contributed by atoms with Crippen LogP contribution in [0.3, 0.4) is 0 Å². The van der Waals surface area contributed by atoms with Gasteiger partial charge in [-0.25, -0.2) is 0 Å². The zero-order chi connectivity index (χ0) is 12.2. The van der Waals surface area contributed by atoms with E-state index in [0.29, 0.717) is 5.57 Å². The van der Waals surface area contributed by atoms with Crippen LogP contribution in [0, 0.1) is 0 Å². The second kappa shape index (κ2) is 4.76. The molecule has 1 rings (SSSR count). The predicted molar refractivity (Wildman–Crippen MR) is 59.4 cm³/mol. The third-order valence-electron chi connectivity index (χ3n) is 2.12. The number of hydrogen-bond donors (Lipinski definition) is 2. The molecule has 0 fully saturated rings. The molecule has 0 aromatic carbocycles. The molecule has 2 N–H and O–H groups in total. The minimum absolute atomic E-state index is 0.0854. The van der Waals surface area contributed by atoms with Crippen molar-refractivity contribution in [3.63, 3.8) is 0 Å². The first-order chi connectivity index (χ1) is 7.45. The van der Waals surface area contributed by atoms with Crippen molar-refractivity contribution in [1.82, 2.24) is 5.06 Å². The standard InChI is InChI=1S/C11H14N2O3/c1-11(2,8-12-15)13(16)7-9-3-5-10(14)6-4-9/h3-8,15-16H,1-2H3. The molecule has 0 radical (unpaired) electrons. The van der Waals surface area contributed by atoms with Crippen molar-refractivity contribution in [3.05, 3.63) is 36.1 Å². The quantitative estimate of drug-likeness (QED) is 0.431. The van der Waals surface area contributed by atoms with Crippen LogP contribution >= 0.6 is 0 Å². The highest BCUT2D eigenvalue weighted by Gasteiger charge is 2.21. The molecule has 1 aliphatic rings. The molecule has 0 saturated carbocycles. The molecule has 0 unspecified atom stereocenters. The Balaban J connectivity index is 2.81. The summed E-state index contributed by atoms with van der Waals surface area (Å²) >= 11 is 0. The van der Waals surface area contributed by atoms with E-state index in [-0.39, 0.29) is 5.78 Å². The summed E-state index contributed by atoms with van der Waals surface area (Å²) in [6, 6.07) is 0. The van der Waals surface area contributed by atoms with Gasteiger partial charge in [0.1, 0.15) is 0 Å². The van der Waals surface area contributed by atoms with Crippen LogP contribution in [0.1, 0.15) is 13.8 Å². The summed E-state index contributed by atoms with van der Waals surface area (Å²) in [5.41, 5.74) is -0.147. The van der Waals surface area contributed by atoms with E-state index in [2.05, 4.69) is 5.16 Å². The van der Waals surface area contributed by atoms with E-state index in [9.17, 15) is 10.0 Å². The van der Waals surface area contributed by atoms with Crippen molar-refractivity contribution in [2.75, 3.05) is 0 Å². The Hall–Kier alpha value is -1.88. The molecule has 0 heterocycles. The van der Waals surface area contributed by atoms with Gasteiger partial charge < -0.3 is 5.21 Å². The fourth-order valence-corrected chi connectivity index (χ4v) is 1.06. The van der Waals surface area contributed by atoms with Gasteiger partial charge in [0.2, 0.25) is 0 Å². The molecule has 0 aliphatic heterocycles. The molecule has 5 heteroatoms. The Bertz CT molecular complexity index is 374. The summed E-state index contributed by atoms with van der Waals surface area (Å²) < 4.78 is 0. The number of ketones is 1. The van der Waals surface area contributed by atoms with E-state index in [1.165, 1.54) is 24.6 Å². The van der Waals surface area contributed by atoms with Crippen LogP contribution in [-0.2, 0) is 4.79 Å². The molecule has 0 saturated heterocycles. The van der Waals surface area contributed by atoms with Crippen LogP contribution in [0.4, 0.5) is 0 Å². The molecule has 1 aliphatic carbocycles. The van der Waals surface area contributed by atoms with Gasteiger partial charge in [0.25, 0.3) is 0 Å². The Morgan fingerprint density at radius 1 is 1.31 bits per heavy atom. The number of carbonyl (C=O) groups is 1.